The molecule has 0 fully saturated rings. The summed E-state index contributed by atoms with van der Waals surface area (Å²) in [5.41, 5.74) is 2.56. The van der Waals surface area contributed by atoms with Crippen LogP contribution in [0.3, 0.4) is 0 Å². The van der Waals surface area contributed by atoms with Crippen molar-refractivity contribution in [1.82, 2.24) is 0 Å². The molecule has 102 valence electrons. The molecule has 1 aromatic rings. The van der Waals surface area contributed by atoms with E-state index < -0.39 is 17.9 Å². The van der Waals surface area contributed by atoms with E-state index in [1.807, 2.05) is 36.4 Å². The van der Waals surface area contributed by atoms with Crippen molar-refractivity contribution in [2.24, 2.45) is 0 Å². The molecular formula is C16H14O4. The predicted octanol–water partition coefficient (Wildman–Crippen LogP) is 2.47. The lowest BCUT2D eigenvalue weighted by atomic mass is 9.86. The van der Waals surface area contributed by atoms with Crippen LogP contribution in [-0.4, -0.2) is 19.0 Å². The number of fused-ring (bicyclic) bond motifs is 1. The fraction of sp³-hybridized carbons (Fsp3) is 0.250. The van der Waals surface area contributed by atoms with Gasteiger partial charge in [-0.2, -0.15) is 0 Å². The van der Waals surface area contributed by atoms with Gasteiger partial charge in [-0.3, -0.25) is 4.79 Å². The maximum absolute atomic E-state index is 12.3. The quantitative estimate of drug-likeness (QED) is 0.775. The SMILES string of the molecule is COC(=O)C1=C2CCC=C2C(c2ccccc2)C(=O)O1. The first kappa shape index (κ1) is 12.7. The summed E-state index contributed by atoms with van der Waals surface area (Å²) < 4.78 is 9.93. The first-order valence-electron chi connectivity index (χ1n) is 6.51. The molecule has 0 bridgehead atoms. The van der Waals surface area contributed by atoms with E-state index in [2.05, 4.69) is 4.74 Å². The molecule has 1 aromatic carbocycles. The molecule has 4 nitrogen and oxygen atoms in total. The molecule has 1 unspecified atom stereocenters. The molecule has 1 heterocycles. The molecule has 0 spiro atoms. The van der Waals surface area contributed by atoms with Gasteiger partial charge in [0.15, 0.2) is 0 Å². The molecule has 4 heteroatoms. The third-order valence-electron chi connectivity index (χ3n) is 3.63. The van der Waals surface area contributed by atoms with E-state index >= 15 is 0 Å². The molecule has 1 aliphatic heterocycles. The van der Waals surface area contributed by atoms with Crippen molar-refractivity contribution in [3.63, 3.8) is 0 Å². The summed E-state index contributed by atoms with van der Waals surface area (Å²) in [6.07, 6.45) is 3.53. The Morgan fingerprint density at radius 1 is 1.30 bits per heavy atom. The molecule has 3 rings (SSSR count). The lowest BCUT2D eigenvalue weighted by Crippen LogP contribution is -2.27. The summed E-state index contributed by atoms with van der Waals surface area (Å²) in [4.78, 5) is 24.0. The number of methoxy groups -OCH3 is 1. The van der Waals surface area contributed by atoms with Crippen LogP contribution in [0.15, 0.2) is 53.3 Å². The molecule has 0 aromatic heterocycles. The van der Waals surface area contributed by atoms with Gasteiger partial charge in [-0.15, -0.1) is 0 Å². The molecular weight excluding hydrogens is 256 g/mol. The molecule has 0 N–H and O–H groups in total. The van der Waals surface area contributed by atoms with Crippen molar-refractivity contribution in [1.29, 1.82) is 0 Å². The first-order valence-corrected chi connectivity index (χ1v) is 6.51. The van der Waals surface area contributed by atoms with Gasteiger partial charge in [0.25, 0.3) is 0 Å². The second-order valence-corrected chi connectivity index (χ2v) is 4.76. The van der Waals surface area contributed by atoms with E-state index in [-0.39, 0.29) is 5.76 Å². The fourth-order valence-corrected chi connectivity index (χ4v) is 2.74. The molecule has 0 amide bonds. The number of carbonyl (C=O) groups excluding carboxylic acids is 2. The van der Waals surface area contributed by atoms with E-state index in [1.165, 1.54) is 7.11 Å². The molecule has 0 radical (unpaired) electrons. The number of ether oxygens (including phenoxy) is 2. The Kier molecular flexibility index (Phi) is 3.14. The van der Waals surface area contributed by atoms with Gasteiger partial charge in [-0.25, -0.2) is 4.79 Å². The second kappa shape index (κ2) is 4.96. The summed E-state index contributed by atoms with van der Waals surface area (Å²) in [5, 5.41) is 0. The third kappa shape index (κ3) is 1.93. The number of carbonyl (C=O) groups is 2. The van der Waals surface area contributed by atoms with Crippen LogP contribution in [0.5, 0.6) is 0 Å². The van der Waals surface area contributed by atoms with E-state index in [4.69, 9.17) is 4.74 Å². The van der Waals surface area contributed by atoms with Crippen molar-refractivity contribution in [3.05, 3.63) is 58.9 Å². The lowest BCUT2D eigenvalue weighted by molar-refractivity contribution is -0.151. The van der Waals surface area contributed by atoms with Gasteiger partial charge >= 0.3 is 11.9 Å². The number of esters is 2. The molecule has 20 heavy (non-hydrogen) atoms. The standard InChI is InChI=1S/C16H14O4/c1-19-16(18)14-12-9-5-8-11(12)13(15(17)20-14)10-6-3-2-4-7-10/h2-4,6-8,13H,5,9H2,1H3. The Hall–Kier alpha value is -2.36. The monoisotopic (exact) mass is 270 g/mol. The Labute approximate surface area is 116 Å². The van der Waals surface area contributed by atoms with E-state index in [9.17, 15) is 9.59 Å². The lowest BCUT2D eigenvalue weighted by Gasteiger charge is -2.25. The fourth-order valence-electron chi connectivity index (χ4n) is 2.74. The number of hydrogen-bond donors (Lipinski definition) is 0. The minimum Gasteiger partial charge on any atom is -0.463 e. The minimum absolute atomic E-state index is 0.0495. The van der Waals surface area contributed by atoms with Crippen LogP contribution in [-0.2, 0) is 19.1 Å². The van der Waals surface area contributed by atoms with Crippen molar-refractivity contribution >= 4 is 11.9 Å². The van der Waals surface area contributed by atoms with Gasteiger partial charge in [0.2, 0.25) is 5.76 Å². The largest absolute Gasteiger partial charge is 0.463 e. The highest BCUT2D eigenvalue weighted by atomic mass is 16.6. The summed E-state index contributed by atoms with van der Waals surface area (Å²) >= 11 is 0. The second-order valence-electron chi connectivity index (χ2n) is 4.76. The van der Waals surface area contributed by atoms with Crippen molar-refractivity contribution in [3.8, 4) is 0 Å². The van der Waals surface area contributed by atoms with Gasteiger partial charge < -0.3 is 9.47 Å². The van der Waals surface area contributed by atoms with Crippen molar-refractivity contribution in [2.45, 2.75) is 18.8 Å². The number of hydrogen-bond acceptors (Lipinski definition) is 4. The molecule has 0 saturated carbocycles. The normalized spacial score (nSPS) is 21.1. The van der Waals surface area contributed by atoms with Gasteiger partial charge in [-0.05, 0) is 24.0 Å². The van der Waals surface area contributed by atoms with E-state index in [0.717, 1.165) is 23.1 Å². The van der Waals surface area contributed by atoms with Gasteiger partial charge in [0, 0.05) is 5.57 Å². The predicted molar refractivity (Wildman–Crippen MR) is 71.6 cm³/mol. The van der Waals surface area contributed by atoms with Gasteiger partial charge in [0.05, 0.1) is 7.11 Å². The Bertz CT molecular complexity index is 625. The van der Waals surface area contributed by atoms with Crippen molar-refractivity contribution < 1.29 is 19.1 Å². The Morgan fingerprint density at radius 2 is 2.05 bits per heavy atom. The maximum atomic E-state index is 12.3. The number of rotatable bonds is 2. The highest BCUT2D eigenvalue weighted by molar-refractivity contribution is 5.97. The topological polar surface area (TPSA) is 52.6 Å². The average Bonchev–Trinajstić information content (AvgIpc) is 2.95. The van der Waals surface area contributed by atoms with E-state index in [0.29, 0.717) is 6.42 Å². The first-order chi connectivity index (χ1) is 9.72. The highest BCUT2D eigenvalue weighted by Crippen LogP contribution is 2.43. The van der Waals surface area contributed by atoms with Gasteiger partial charge in [0.1, 0.15) is 5.92 Å². The Balaban J connectivity index is 2.07. The number of cyclic esters (lactones) is 1. The van der Waals surface area contributed by atoms with E-state index in [1.54, 1.807) is 0 Å². The van der Waals surface area contributed by atoms with Crippen LogP contribution < -0.4 is 0 Å². The van der Waals surface area contributed by atoms with Crippen LogP contribution in [0.4, 0.5) is 0 Å². The zero-order chi connectivity index (χ0) is 14.1. The smallest absolute Gasteiger partial charge is 0.374 e. The molecule has 0 saturated heterocycles. The molecule has 1 atom stereocenters. The maximum Gasteiger partial charge on any atom is 0.374 e. The highest BCUT2D eigenvalue weighted by Gasteiger charge is 2.39. The Morgan fingerprint density at radius 3 is 2.75 bits per heavy atom. The van der Waals surface area contributed by atoms with Gasteiger partial charge in [-0.1, -0.05) is 36.4 Å². The third-order valence-corrected chi connectivity index (χ3v) is 3.63. The summed E-state index contributed by atoms with van der Waals surface area (Å²) in [6, 6.07) is 9.46. The van der Waals surface area contributed by atoms with Crippen LogP contribution in [0.2, 0.25) is 0 Å². The van der Waals surface area contributed by atoms with Crippen LogP contribution >= 0.6 is 0 Å². The zero-order valence-corrected chi connectivity index (χ0v) is 11.1. The average molecular weight is 270 g/mol. The minimum atomic E-state index is -0.590. The summed E-state index contributed by atoms with van der Waals surface area (Å²) in [5.74, 6) is -1.41. The number of benzene rings is 1. The molecule has 2 aliphatic rings. The van der Waals surface area contributed by atoms with Crippen molar-refractivity contribution in [2.75, 3.05) is 7.11 Å². The summed E-state index contributed by atoms with van der Waals surface area (Å²) in [7, 11) is 1.28. The van der Waals surface area contributed by atoms with Crippen LogP contribution in [0.25, 0.3) is 0 Å². The zero-order valence-electron chi connectivity index (χ0n) is 11.1. The number of allylic oxidation sites excluding steroid dienone is 2. The van der Waals surface area contributed by atoms with Crippen LogP contribution in [0, 0.1) is 0 Å². The summed E-state index contributed by atoms with van der Waals surface area (Å²) in [6.45, 7) is 0. The molecule has 1 aliphatic carbocycles. The van der Waals surface area contributed by atoms with Crippen LogP contribution in [0.1, 0.15) is 24.3 Å².